The van der Waals surface area contributed by atoms with Crippen LogP contribution in [0.25, 0.3) is 0 Å². The highest BCUT2D eigenvalue weighted by atomic mass is 31.1. The van der Waals surface area contributed by atoms with Crippen LogP contribution in [-0.4, -0.2) is 25.4 Å². The van der Waals surface area contributed by atoms with E-state index < -0.39 is 8.25 Å². The van der Waals surface area contributed by atoms with Crippen LogP contribution in [-0.2, 0) is 13.6 Å². The van der Waals surface area contributed by atoms with Gasteiger partial charge in [0.25, 0.3) is 0 Å². The van der Waals surface area contributed by atoms with Gasteiger partial charge in [-0.3, -0.25) is 0 Å². The molecule has 0 radical (unpaired) electrons. The van der Waals surface area contributed by atoms with Crippen molar-refractivity contribution < 1.29 is 18.7 Å². The maximum absolute atomic E-state index is 10.2. The molecule has 0 aliphatic carbocycles. The fourth-order valence-corrected chi connectivity index (χ4v) is 0.504. The Bertz CT molecular complexity index is 73.7. The van der Waals surface area contributed by atoms with Gasteiger partial charge in [0.15, 0.2) is 0 Å². The number of hydrogen-bond donors (Lipinski definition) is 1. The summed E-state index contributed by atoms with van der Waals surface area (Å²) in [5.41, 5.74) is 0. The van der Waals surface area contributed by atoms with Crippen molar-refractivity contribution in [3.05, 3.63) is 0 Å². The number of rotatable bonds is 4. The molecule has 1 unspecified atom stereocenters. The zero-order valence-electron chi connectivity index (χ0n) is 4.53. The van der Waals surface area contributed by atoms with Crippen molar-refractivity contribution in [3.8, 4) is 0 Å². The summed E-state index contributed by atoms with van der Waals surface area (Å²) >= 11 is 0. The molecule has 4 nitrogen and oxygen atoms in total. The first-order valence-electron chi connectivity index (χ1n) is 2.06. The molecule has 0 saturated heterocycles. The van der Waals surface area contributed by atoms with Crippen molar-refractivity contribution in [2.45, 2.75) is 0 Å². The topological polar surface area (TPSA) is 55.8 Å². The second kappa shape index (κ2) is 5.12. The largest absolute Gasteiger partial charge is 0.697 e. The van der Waals surface area contributed by atoms with E-state index in [9.17, 15) is 4.57 Å². The van der Waals surface area contributed by atoms with Crippen molar-refractivity contribution in [1.82, 2.24) is 0 Å². The predicted molar refractivity (Wildman–Crippen MR) is 27.7 cm³/mol. The van der Waals surface area contributed by atoms with Gasteiger partial charge in [-0.25, -0.2) is 0 Å². The summed E-state index contributed by atoms with van der Waals surface area (Å²) in [5, 5.41) is 8.10. The average molecular weight is 139 g/mol. The van der Waals surface area contributed by atoms with Gasteiger partial charge in [-0.2, -0.15) is 0 Å². The summed E-state index contributed by atoms with van der Waals surface area (Å²) < 4.78 is 18.8. The molecule has 0 bridgehead atoms. The van der Waals surface area contributed by atoms with Crippen LogP contribution in [0, 0.1) is 0 Å². The van der Waals surface area contributed by atoms with E-state index >= 15 is 0 Å². The van der Waals surface area contributed by atoms with E-state index in [2.05, 4.69) is 9.05 Å². The molecular weight excluding hydrogens is 131 g/mol. The summed E-state index contributed by atoms with van der Waals surface area (Å²) in [6.45, 7) is -0.0759. The van der Waals surface area contributed by atoms with Gasteiger partial charge in [0.05, 0.1) is 13.7 Å². The Labute approximate surface area is 48.4 Å². The van der Waals surface area contributed by atoms with Crippen LogP contribution in [0.1, 0.15) is 0 Å². The van der Waals surface area contributed by atoms with E-state index in [4.69, 9.17) is 5.11 Å². The molecule has 0 heterocycles. The van der Waals surface area contributed by atoms with Crippen LogP contribution in [0.15, 0.2) is 0 Å². The summed E-state index contributed by atoms with van der Waals surface area (Å²) in [6, 6.07) is 0. The van der Waals surface area contributed by atoms with E-state index in [0.717, 1.165) is 0 Å². The average Bonchev–Trinajstić information content (AvgIpc) is 1.83. The summed E-state index contributed by atoms with van der Waals surface area (Å²) in [4.78, 5) is 0. The molecule has 1 N–H and O–H groups in total. The van der Waals surface area contributed by atoms with Gasteiger partial charge in [-0.15, -0.1) is 9.05 Å². The molecule has 8 heavy (non-hydrogen) atoms. The molecule has 0 spiro atoms. The minimum Gasteiger partial charge on any atom is -0.394 e. The summed E-state index contributed by atoms with van der Waals surface area (Å²) in [5.74, 6) is 0. The molecule has 0 aliphatic rings. The van der Waals surface area contributed by atoms with Crippen LogP contribution in [0.4, 0.5) is 0 Å². The molecule has 0 amide bonds. The summed E-state index contributed by atoms with van der Waals surface area (Å²) in [7, 11) is -0.720. The number of aliphatic hydroxyl groups excluding tert-OH is 1. The first kappa shape index (κ1) is 7.98. The zero-order valence-corrected chi connectivity index (χ0v) is 5.43. The molecule has 0 rings (SSSR count). The van der Waals surface area contributed by atoms with Gasteiger partial charge in [0.1, 0.15) is 6.61 Å². The van der Waals surface area contributed by atoms with Crippen LogP contribution in [0.3, 0.4) is 0 Å². The molecule has 0 aromatic carbocycles. The lowest BCUT2D eigenvalue weighted by molar-refractivity contribution is 0.185. The second-order valence-electron chi connectivity index (χ2n) is 0.963. The number of aliphatic hydroxyl groups is 1. The first-order valence-corrected chi connectivity index (χ1v) is 3.16. The van der Waals surface area contributed by atoms with Crippen molar-refractivity contribution in [2.24, 2.45) is 0 Å². The van der Waals surface area contributed by atoms with Crippen molar-refractivity contribution in [3.63, 3.8) is 0 Å². The third-order valence-corrected chi connectivity index (χ3v) is 1.13. The minimum absolute atomic E-state index is 0.0586. The molecule has 5 heteroatoms. The molecule has 0 aliphatic heterocycles. The Morgan fingerprint density at radius 1 is 1.75 bits per heavy atom. The lowest BCUT2D eigenvalue weighted by Gasteiger charge is -1.80. The number of hydrogen-bond acceptors (Lipinski definition) is 4. The molecule has 0 fully saturated rings. The van der Waals surface area contributed by atoms with Gasteiger partial charge in [-0.1, -0.05) is 0 Å². The highest BCUT2D eigenvalue weighted by molar-refractivity contribution is 7.33. The monoisotopic (exact) mass is 139 g/mol. The Morgan fingerprint density at radius 3 is 2.75 bits per heavy atom. The molecule has 1 atom stereocenters. The van der Waals surface area contributed by atoms with Crippen molar-refractivity contribution in [2.75, 3.05) is 20.3 Å². The molecule has 0 aromatic heterocycles. The van der Waals surface area contributed by atoms with E-state index in [-0.39, 0.29) is 13.2 Å². The molecular formula is C3H8O4P+. The highest BCUT2D eigenvalue weighted by Gasteiger charge is 2.14. The van der Waals surface area contributed by atoms with Crippen LogP contribution >= 0.6 is 8.25 Å². The second-order valence-corrected chi connectivity index (χ2v) is 2.03. The maximum Gasteiger partial charge on any atom is 0.697 e. The van der Waals surface area contributed by atoms with Crippen molar-refractivity contribution >= 4 is 8.25 Å². The quantitative estimate of drug-likeness (QED) is 0.569. The Balaban J connectivity index is 2.99. The van der Waals surface area contributed by atoms with E-state index in [1.54, 1.807) is 0 Å². The molecule has 48 valence electrons. The van der Waals surface area contributed by atoms with Gasteiger partial charge in [-0.05, 0) is 0 Å². The van der Waals surface area contributed by atoms with E-state index in [1.807, 2.05) is 0 Å². The zero-order chi connectivity index (χ0) is 6.41. The minimum atomic E-state index is -1.99. The normalized spacial score (nSPS) is 11.5. The Hall–Kier alpha value is -0.0200. The third-order valence-electron chi connectivity index (χ3n) is 0.437. The van der Waals surface area contributed by atoms with Gasteiger partial charge >= 0.3 is 8.25 Å². The fraction of sp³-hybridized carbons (Fsp3) is 1.00. The SMILES string of the molecule is CO[P+](=O)OCCO. The van der Waals surface area contributed by atoms with Gasteiger partial charge < -0.3 is 5.11 Å². The molecule has 0 aromatic rings. The van der Waals surface area contributed by atoms with Crippen molar-refractivity contribution in [1.29, 1.82) is 0 Å². The first-order chi connectivity index (χ1) is 3.81. The summed E-state index contributed by atoms with van der Waals surface area (Å²) in [6.07, 6.45) is 0. The molecule has 0 saturated carbocycles. The van der Waals surface area contributed by atoms with Crippen LogP contribution in [0.5, 0.6) is 0 Å². The smallest absolute Gasteiger partial charge is 0.394 e. The lowest BCUT2D eigenvalue weighted by Crippen LogP contribution is -1.91. The van der Waals surface area contributed by atoms with E-state index in [1.165, 1.54) is 7.11 Å². The maximum atomic E-state index is 10.2. The van der Waals surface area contributed by atoms with Gasteiger partial charge in [0.2, 0.25) is 0 Å². The van der Waals surface area contributed by atoms with Gasteiger partial charge in [0, 0.05) is 4.57 Å². The Morgan fingerprint density at radius 2 is 2.38 bits per heavy atom. The standard InChI is InChI=1S/C3H8O4P/c1-6-8(5)7-3-2-4/h4H,2-3H2,1H3/q+1. The highest BCUT2D eigenvalue weighted by Crippen LogP contribution is 2.20. The lowest BCUT2D eigenvalue weighted by atomic mass is 10.8. The Kier molecular flexibility index (Phi) is 5.11. The van der Waals surface area contributed by atoms with E-state index in [0.29, 0.717) is 0 Å². The van der Waals surface area contributed by atoms with Crippen LogP contribution in [0.2, 0.25) is 0 Å². The predicted octanol–water partition coefficient (Wildman–Crippen LogP) is 0.299. The van der Waals surface area contributed by atoms with Crippen LogP contribution < -0.4 is 0 Å². The third kappa shape index (κ3) is 4.15. The fourth-order valence-electron chi connectivity index (χ4n) is 0.168.